The van der Waals surface area contributed by atoms with Crippen LogP contribution in [0.4, 0.5) is 0 Å². The summed E-state index contributed by atoms with van der Waals surface area (Å²) in [7, 11) is 0. The van der Waals surface area contributed by atoms with Crippen molar-refractivity contribution in [1.82, 2.24) is 72.4 Å². The average molecular weight is 1650 g/mol. The zero-order chi connectivity index (χ0) is 80.3. The maximum absolute atomic E-state index is 14.3. The fraction of sp³-hybridized carbons (Fsp3) is 0.304. The number of fused-ring (bicyclic) bond motifs is 14. The van der Waals surface area contributed by atoms with Crippen molar-refractivity contribution < 1.29 is 67.4 Å². The van der Waals surface area contributed by atoms with E-state index in [1.807, 2.05) is 72.8 Å². The molecule has 0 radical (unpaired) electrons. The number of aromatic nitrogens is 6. The molecule has 8 heterocycles. The summed E-state index contributed by atoms with van der Waals surface area (Å²) in [6, 6.07) is 50.9. The summed E-state index contributed by atoms with van der Waals surface area (Å²) >= 11 is 0. The first-order valence-electron chi connectivity index (χ1n) is 40.1. The molecule has 0 spiro atoms. The van der Waals surface area contributed by atoms with E-state index in [-0.39, 0.29) is 150 Å². The molecule has 12 bridgehead atoms. The van der Waals surface area contributed by atoms with Gasteiger partial charge in [-0.2, -0.15) is 0 Å². The van der Waals surface area contributed by atoms with Crippen LogP contribution in [0.15, 0.2) is 219 Å². The van der Waals surface area contributed by atoms with E-state index in [9.17, 15) is 47.9 Å². The van der Waals surface area contributed by atoms with Crippen LogP contribution in [0.3, 0.4) is 0 Å². The third-order valence-corrected chi connectivity index (χ3v) is 22.4. The van der Waals surface area contributed by atoms with Crippen molar-refractivity contribution >= 4 is 58.8 Å². The maximum atomic E-state index is 14.3. The van der Waals surface area contributed by atoms with E-state index in [1.54, 1.807) is 122 Å². The van der Waals surface area contributed by atoms with Crippen molar-refractivity contribution in [2.24, 2.45) is 11.8 Å². The van der Waals surface area contributed by atoms with Crippen molar-refractivity contribution in [2.45, 2.75) is 165 Å². The first-order valence-corrected chi connectivity index (χ1v) is 40.1. The Kier molecular flexibility index (Phi) is 28.0. The number of Topliss-reactive ketones (excluding diaryl/α,β-unsaturated/α-hetero) is 2. The predicted octanol–water partition coefficient (Wildman–Crippen LogP) is 13.0. The number of pyridine rings is 6. The van der Waals surface area contributed by atoms with Gasteiger partial charge in [0.1, 0.15) is 0 Å². The molecule has 4 aliphatic carbocycles. The molecule has 4 aromatic carbocycles. The number of rotatable bonds is 9. The Labute approximate surface area is 691 Å². The summed E-state index contributed by atoms with van der Waals surface area (Å²) in [5, 5.41) is 24.7. The Hall–Kier alpha value is -12.5. The predicted molar refractivity (Wildman–Crippen MR) is 437 cm³/mol. The van der Waals surface area contributed by atoms with Crippen molar-refractivity contribution in [3.05, 3.63) is 286 Å². The van der Waals surface area contributed by atoms with Gasteiger partial charge >= 0.3 is 0 Å². The molecule has 598 valence electrons. The zero-order valence-electron chi connectivity index (χ0n) is 64.7. The van der Waals surface area contributed by atoms with Crippen LogP contribution < -0.4 is 42.5 Å². The second kappa shape index (κ2) is 39.7. The van der Waals surface area contributed by atoms with Gasteiger partial charge in [0.25, 0.3) is 47.3 Å². The number of carbonyl (C=O) groups excluding carboxylic acids is 10. The minimum atomic E-state index is -0.490. The van der Waals surface area contributed by atoms with Gasteiger partial charge in [0, 0.05) is 174 Å². The van der Waals surface area contributed by atoms with Gasteiger partial charge < -0.3 is 42.5 Å². The van der Waals surface area contributed by atoms with Crippen LogP contribution in [0.1, 0.15) is 230 Å². The Morgan fingerprint density at radius 3 is 0.949 bits per heavy atom. The maximum Gasteiger partial charge on any atom is 0.251 e. The van der Waals surface area contributed by atoms with Crippen molar-refractivity contribution in [3.63, 3.8) is 0 Å². The minimum absolute atomic E-state index is 0. The number of nitrogens with one attached hydrogen (secondary N) is 8. The van der Waals surface area contributed by atoms with Gasteiger partial charge in [-0.1, -0.05) is 74.2 Å². The molecule has 16 rings (SSSR count). The molecule has 6 aliphatic rings. The number of carbonyl (C=O) groups is 10. The Bertz CT molecular complexity index is 4860. The van der Waals surface area contributed by atoms with Gasteiger partial charge in [-0.05, 0) is 233 Å². The zero-order valence-corrected chi connectivity index (χ0v) is 66.4. The smallest absolute Gasteiger partial charge is 0.251 e. The molecule has 8 atom stereocenters. The fourth-order valence-electron chi connectivity index (χ4n) is 16.3. The van der Waals surface area contributed by atoms with E-state index in [1.165, 1.54) is 24.5 Å². The number of amides is 8. The molecule has 10 aromatic rings. The van der Waals surface area contributed by atoms with Crippen LogP contribution in [0.2, 0.25) is 0 Å². The van der Waals surface area contributed by atoms with Crippen LogP contribution in [0.5, 0.6) is 0 Å². The van der Waals surface area contributed by atoms with Crippen LogP contribution in [0.25, 0.3) is 34.2 Å². The molecule has 24 nitrogen and oxygen atoms in total. The second-order valence-electron chi connectivity index (χ2n) is 30.6. The van der Waals surface area contributed by atoms with Gasteiger partial charge in [-0.15, -0.1) is 0 Å². The molecule has 6 aromatic heterocycles. The molecule has 8 N–H and O–H groups in total. The molecule has 4 fully saturated rings. The van der Waals surface area contributed by atoms with E-state index in [0.29, 0.717) is 83.3 Å². The summed E-state index contributed by atoms with van der Waals surface area (Å²) in [6.45, 7) is -0.133. The molecule has 117 heavy (non-hydrogen) atoms. The van der Waals surface area contributed by atoms with E-state index in [0.717, 1.165) is 87.0 Å². The SMILES string of the molecule is O=C1CC2CCCC[C@H]2NC(=O)c2cc(CNC(=O)c3ccnc(-c4cc(C(=O)NCc5cc6cc(c5)C(=O)N[C@@H]5CCCCC5CC(=O)c5cccc(c5)C(=O)N[C@@H]5CCCC(C5)NC6=O)ccn4)c3)cc(c2)C(=O)NC2CCCC(C2)NC(=O)c2cccc1c2.[Ru].c1ccc(-c2ccccn2)nc1.c1ccc(-c2ccccn2)nc1. The van der Waals surface area contributed by atoms with Crippen molar-refractivity contribution in [3.8, 4) is 34.2 Å². The van der Waals surface area contributed by atoms with Crippen molar-refractivity contribution in [2.75, 3.05) is 0 Å². The van der Waals surface area contributed by atoms with Gasteiger partial charge in [-0.3, -0.25) is 77.8 Å². The first-order chi connectivity index (χ1) is 56.5. The monoisotopic (exact) mass is 1650 g/mol. The topological polar surface area (TPSA) is 344 Å². The van der Waals surface area contributed by atoms with E-state index >= 15 is 0 Å². The van der Waals surface area contributed by atoms with Gasteiger partial charge in [-0.25, -0.2) is 0 Å². The molecule has 25 heteroatoms. The first kappa shape index (κ1) is 82.5. The van der Waals surface area contributed by atoms with Crippen molar-refractivity contribution in [1.29, 1.82) is 0 Å². The largest absolute Gasteiger partial charge is 0.349 e. The molecular formula is C92H92N14O10Ru. The van der Waals surface area contributed by atoms with Crippen LogP contribution >= 0.6 is 0 Å². The van der Waals surface area contributed by atoms with Gasteiger partial charge in [0.05, 0.1) is 34.2 Å². The third-order valence-electron chi connectivity index (χ3n) is 22.4. The van der Waals surface area contributed by atoms with E-state index in [4.69, 9.17) is 0 Å². The van der Waals surface area contributed by atoms with Gasteiger partial charge in [0.15, 0.2) is 11.6 Å². The van der Waals surface area contributed by atoms with E-state index in [2.05, 4.69) is 72.4 Å². The molecular weight excluding hydrogens is 1560 g/mol. The van der Waals surface area contributed by atoms with E-state index < -0.39 is 35.4 Å². The summed E-state index contributed by atoms with van der Waals surface area (Å²) in [4.78, 5) is 165. The number of ketones is 2. The molecule has 2 aliphatic heterocycles. The Morgan fingerprint density at radius 1 is 0.299 bits per heavy atom. The summed E-state index contributed by atoms with van der Waals surface area (Å²) in [5.74, 6) is -3.68. The molecule has 8 amide bonds. The van der Waals surface area contributed by atoms with Gasteiger partial charge in [0.2, 0.25) is 0 Å². The minimum Gasteiger partial charge on any atom is -0.349 e. The summed E-state index contributed by atoms with van der Waals surface area (Å²) < 4.78 is 0. The average Bonchev–Trinajstić information content (AvgIpc) is 1.66. The quantitative estimate of drug-likeness (QED) is 0.0622. The Morgan fingerprint density at radius 2 is 0.607 bits per heavy atom. The second-order valence-corrected chi connectivity index (χ2v) is 30.6. The third kappa shape index (κ3) is 22.1. The molecule has 0 saturated heterocycles. The number of hydrogen-bond acceptors (Lipinski definition) is 16. The molecule has 5 unspecified atom stereocenters. The Balaban J connectivity index is 0.000000402. The number of hydrogen-bond donors (Lipinski definition) is 8. The normalized spacial score (nSPS) is 20.8. The summed E-state index contributed by atoms with van der Waals surface area (Å²) in [6.07, 6.45) is 22.0. The number of benzene rings is 4. The van der Waals surface area contributed by atoms with Crippen LogP contribution in [0, 0.1) is 11.8 Å². The molecule has 4 saturated carbocycles. The van der Waals surface area contributed by atoms with Crippen LogP contribution in [-0.4, -0.2) is 125 Å². The van der Waals surface area contributed by atoms with Crippen LogP contribution in [-0.2, 0) is 32.6 Å². The standard InChI is InChI=1S/C72H76N10O10.2C10H8N2.Ru/c83-63-35-43-9-1-3-19-59(43)81-71(91)53-27-41(25-51(31-53)69(89)79-57-17-7-15-55(37-57)77-67(87)47-13-5-11-45(63)29-47)39-75-65(85)49-21-23-73-61(33-49)62-34-50(22-24-74-62)66(86)76-40-42-26-52-32-54(28-42)72(92)82-60-20-4-2-10-44(60)36-64(84)46-12-6-14-48(30-46)68(88)78-56-16-8-18-58(38-56)80-70(52)90;2*1-3-7-11-9(5-1)10-6-2-4-8-12-10;/h5-6,11-14,21-34,43-44,55-60H,1-4,7-10,15-20,35-40H2,(H,75,85)(H,76,86)(H,77,87)(H,78,88)(H,79,89)(H,80,90)(H,81,91)(H,82,92);2*1-8H;/t43?,44?,55-,56?,57?,58?,59-,60-;;;/m1.../s1. The summed E-state index contributed by atoms with van der Waals surface area (Å²) in [5.41, 5.74) is 8.21. The fourth-order valence-corrected chi connectivity index (χ4v) is 16.3. The number of nitrogens with zero attached hydrogens (tertiary/aromatic N) is 6.